The Morgan fingerprint density at radius 2 is 1.52 bits per heavy atom. The summed E-state index contributed by atoms with van der Waals surface area (Å²) in [7, 11) is 0. The van der Waals surface area contributed by atoms with E-state index in [1.54, 1.807) is 43.3 Å². The zero-order valence-electron chi connectivity index (χ0n) is 19.9. The summed E-state index contributed by atoms with van der Waals surface area (Å²) in [4.78, 5) is 39.5. The average molecular weight is 452 g/mol. The Bertz CT molecular complexity index is 957. The summed E-state index contributed by atoms with van der Waals surface area (Å²) in [5.41, 5.74) is 1.96. The number of amides is 1. The molecule has 33 heavy (non-hydrogen) atoms. The number of esters is 1. The van der Waals surface area contributed by atoms with Crippen LogP contribution in [0.2, 0.25) is 0 Å². The van der Waals surface area contributed by atoms with E-state index in [0.29, 0.717) is 16.9 Å². The quantitative estimate of drug-likeness (QED) is 0.424. The van der Waals surface area contributed by atoms with Crippen molar-refractivity contribution >= 4 is 17.7 Å². The van der Waals surface area contributed by atoms with Gasteiger partial charge in [-0.15, -0.1) is 0 Å². The van der Waals surface area contributed by atoms with Crippen LogP contribution in [0, 0.1) is 0 Å². The number of carbonyl (C=O) groups excluding carboxylic acids is 3. The minimum absolute atomic E-state index is 0.0301. The molecule has 176 valence electrons. The lowest BCUT2D eigenvalue weighted by molar-refractivity contribution is -0.139. The van der Waals surface area contributed by atoms with E-state index in [2.05, 4.69) is 13.8 Å². The van der Waals surface area contributed by atoms with Crippen molar-refractivity contribution < 1.29 is 23.9 Å². The predicted molar refractivity (Wildman–Crippen MR) is 127 cm³/mol. The zero-order valence-corrected chi connectivity index (χ0v) is 19.9. The molecule has 6 nitrogen and oxygen atoms in total. The van der Waals surface area contributed by atoms with Crippen molar-refractivity contribution in [1.29, 1.82) is 0 Å². The molecule has 2 aromatic rings. The van der Waals surface area contributed by atoms with Gasteiger partial charge in [0.2, 0.25) is 5.78 Å². The van der Waals surface area contributed by atoms with Crippen LogP contribution in [0.4, 0.5) is 0 Å². The van der Waals surface area contributed by atoms with Crippen LogP contribution >= 0.6 is 0 Å². The molecule has 0 radical (unpaired) electrons. The Kier molecular flexibility index (Phi) is 8.26. The van der Waals surface area contributed by atoms with Crippen molar-refractivity contribution in [3.8, 4) is 5.75 Å². The summed E-state index contributed by atoms with van der Waals surface area (Å²) in [6, 6.07) is 14.1. The number of piperidine rings is 1. The van der Waals surface area contributed by atoms with Crippen LogP contribution in [0.15, 0.2) is 48.5 Å². The Morgan fingerprint density at radius 1 is 0.939 bits per heavy atom. The van der Waals surface area contributed by atoms with Crippen LogP contribution in [-0.4, -0.2) is 47.4 Å². The average Bonchev–Trinajstić information content (AvgIpc) is 2.82. The summed E-state index contributed by atoms with van der Waals surface area (Å²) in [5.74, 6) is -0.361. The van der Waals surface area contributed by atoms with Crippen LogP contribution in [-0.2, 0) is 16.0 Å². The number of hydrogen-bond acceptors (Lipinski definition) is 5. The second-order valence-electron chi connectivity index (χ2n) is 8.71. The Balaban J connectivity index is 1.52. The van der Waals surface area contributed by atoms with Crippen molar-refractivity contribution in [2.75, 3.05) is 6.61 Å². The summed E-state index contributed by atoms with van der Waals surface area (Å²) in [6.45, 7) is 7.71. The smallest absolute Gasteiger partial charge is 0.338 e. The van der Waals surface area contributed by atoms with Gasteiger partial charge in [0.15, 0.2) is 12.7 Å². The van der Waals surface area contributed by atoms with E-state index in [1.165, 1.54) is 0 Å². The Morgan fingerprint density at radius 3 is 2.09 bits per heavy atom. The van der Waals surface area contributed by atoms with Gasteiger partial charge in [0.05, 0.1) is 5.56 Å². The molecule has 0 saturated carbocycles. The number of Topliss-reactive ketones (excluding diaryl/α,β-unsaturated/α-hetero) is 1. The van der Waals surface area contributed by atoms with Crippen LogP contribution in [0.5, 0.6) is 5.75 Å². The Labute approximate surface area is 195 Å². The molecule has 1 heterocycles. The molecule has 2 aromatic carbocycles. The monoisotopic (exact) mass is 451 g/mol. The number of likely N-dealkylation sites (tertiary alicyclic amines) is 1. The summed E-state index contributed by atoms with van der Waals surface area (Å²) in [6.07, 6.45) is 3.16. The fourth-order valence-corrected chi connectivity index (χ4v) is 4.24. The van der Waals surface area contributed by atoms with E-state index >= 15 is 0 Å². The third-order valence-corrected chi connectivity index (χ3v) is 6.23. The van der Waals surface area contributed by atoms with Crippen LogP contribution in [0.1, 0.15) is 73.2 Å². The lowest BCUT2D eigenvalue weighted by Crippen LogP contribution is -2.49. The third kappa shape index (κ3) is 6.21. The molecule has 1 fully saturated rings. The van der Waals surface area contributed by atoms with Crippen LogP contribution in [0.3, 0.4) is 0 Å². The van der Waals surface area contributed by atoms with Gasteiger partial charge in [-0.3, -0.25) is 9.59 Å². The highest BCUT2D eigenvalue weighted by Gasteiger charge is 2.29. The van der Waals surface area contributed by atoms with Gasteiger partial charge in [-0.05, 0) is 76.3 Å². The first kappa shape index (κ1) is 24.5. The van der Waals surface area contributed by atoms with Crippen molar-refractivity contribution in [1.82, 2.24) is 4.90 Å². The van der Waals surface area contributed by atoms with Gasteiger partial charge < -0.3 is 14.4 Å². The lowest BCUT2D eigenvalue weighted by Gasteiger charge is -2.38. The first-order chi connectivity index (χ1) is 15.8. The van der Waals surface area contributed by atoms with Crippen molar-refractivity contribution in [2.24, 2.45) is 0 Å². The number of aryl methyl sites for hydroxylation is 1. The maximum absolute atomic E-state index is 12.6. The number of ketones is 1. The molecule has 6 heteroatoms. The lowest BCUT2D eigenvalue weighted by atomic mass is 9.97. The molecule has 3 rings (SSSR count). The fourth-order valence-electron chi connectivity index (χ4n) is 4.24. The van der Waals surface area contributed by atoms with E-state index in [9.17, 15) is 14.4 Å². The van der Waals surface area contributed by atoms with Crippen molar-refractivity contribution in [3.63, 3.8) is 0 Å². The number of nitrogens with zero attached hydrogens (tertiary/aromatic N) is 1. The van der Waals surface area contributed by atoms with Crippen molar-refractivity contribution in [2.45, 2.75) is 71.6 Å². The molecular weight excluding hydrogens is 418 g/mol. The molecule has 1 saturated heterocycles. The van der Waals surface area contributed by atoms with Gasteiger partial charge in [0.25, 0.3) is 5.91 Å². The summed E-state index contributed by atoms with van der Waals surface area (Å²) < 4.78 is 11.0. The highest BCUT2D eigenvalue weighted by atomic mass is 16.5. The normalized spacial score (nSPS) is 19.0. The van der Waals surface area contributed by atoms with Gasteiger partial charge >= 0.3 is 5.97 Å². The van der Waals surface area contributed by atoms with E-state index in [-0.39, 0.29) is 30.4 Å². The first-order valence-electron chi connectivity index (χ1n) is 11.7. The topological polar surface area (TPSA) is 72.9 Å². The van der Waals surface area contributed by atoms with Gasteiger partial charge in [-0.1, -0.05) is 31.2 Å². The number of ether oxygens (including phenoxy) is 2. The molecule has 3 unspecified atom stereocenters. The highest BCUT2D eigenvalue weighted by molar-refractivity contribution is 6.01. The van der Waals surface area contributed by atoms with E-state index in [0.717, 1.165) is 31.2 Å². The molecule has 1 amide bonds. The van der Waals surface area contributed by atoms with Gasteiger partial charge in [-0.25, -0.2) is 4.79 Å². The number of rotatable bonds is 8. The SMILES string of the molecule is CCc1ccc(C(=O)C(C)OC(=O)c2ccc(OCC(=O)N3C(C)CCCC3C)cc2)cc1. The molecule has 0 aromatic heterocycles. The fraction of sp³-hybridized carbons (Fsp3) is 0.444. The maximum atomic E-state index is 12.6. The Hall–Kier alpha value is -3.15. The molecule has 1 aliphatic rings. The molecule has 0 aliphatic carbocycles. The molecule has 1 aliphatic heterocycles. The predicted octanol–water partition coefficient (Wildman–Crippen LogP) is 4.85. The van der Waals surface area contributed by atoms with Crippen molar-refractivity contribution in [3.05, 3.63) is 65.2 Å². The van der Waals surface area contributed by atoms with E-state index in [4.69, 9.17) is 9.47 Å². The number of carbonyl (C=O) groups is 3. The van der Waals surface area contributed by atoms with E-state index in [1.807, 2.05) is 24.0 Å². The molecular formula is C27H33NO5. The minimum atomic E-state index is -0.896. The second-order valence-corrected chi connectivity index (χ2v) is 8.71. The third-order valence-electron chi connectivity index (χ3n) is 6.23. The molecule has 0 spiro atoms. The summed E-state index contributed by atoms with van der Waals surface area (Å²) in [5, 5.41) is 0. The minimum Gasteiger partial charge on any atom is -0.484 e. The second kappa shape index (κ2) is 11.1. The standard InChI is InChI=1S/C27H33NO5/c1-5-21-9-11-22(12-10-21)26(30)20(4)33-27(31)23-13-15-24(16-14-23)32-17-25(29)28-18(2)7-6-8-19(28)3/h9-16,18-20H,5-8,17H2,1-4H3. The van der Waals surface area contributed by atoms with Gasteiger partial charge in [0, 0.05) is 17.6 Å². The summed E-state index contributed by atoms with van der Waals surface area (Å²) >= 11 is 0. The molecule has 0 N–H and O–H groups in total. The molecule has 0 bridgehead atoms. The number of benzene rings is 2. The van der Waals surface area contributed by atoms with Crippen LogP contribution < -0.4 is 4.74 Å². The van der Waals surface area contributed by atoms with E-state index < -0.39 is 12.1 Å². The van der Waals surface area contributed by atoms with Gasteiger partial charge in [-0.2, -0.15) is 0 Å². The highest BCUT2D eigenvalue weighted by Crippen LogP contribution is 2.23. The zero-order chi connectivity index (χ0) is 24.0. The largest absolute Gasteiger partial charge is 0.484 e. The number of hydrogen-bond donors (Lipinski definition) is 0. The first-order valence-corrected chi connectivity index (χ1v) is 11.7. The van der Waals surface area contributed by atoms with Crippen LogP contribution in [0.25, 0.3) is 0 Å². The van der Waals surface area contributed by atoms with Gasteiger partial charge in [0.1, 0.15) is 5.75 Å². The maximum Gasteiger partial charge on any atom is 0.338 e. The molecule has 3 atom stereocenters.